The molecule has 0 aromatic rings. The Bertz CT molecular complexity index is 405. The number of nitrogens with zero attached hydrogens (tertiary/aromatic N) is 1. The van der Waals surface area contributed by atoms with Crippen LogP contribution >= 0.6 is 0 Å². The molecule has 2 atom stereocenters. The van der Waals surface area contributed by atoms with Gasteiger partial charge in [-0.25, -0.2) is 4.79 Å². The monoisotopic (exact) mass is 283 g/mol. The van der Waals surface area contributed by atoms with E-state index in [4.69, 9.17) is 5.73 Å². The van der Waals surface area contributed by atoms with Crippen LogP contribution in [0.25, 0.3) is 0 Å². The van der Waals surface area contributed by atoms with Gasteiger partial charge in [0.15, 0.2) is 0 Å². The van der Waals surface area contributed by atoms with E-state index in [1.165, 1.54) is 4.90 Å². The molecular formula is C14H25N3O3. The Morgan fingerprint density at radius 3 is 2.75 bits per heavy atom. The van der Waals surface area contributed by atoms with E-state index in [9.17, 15) is 14.7 Å². The largest absolute Gasteiger partial charge is 0.390 e. The van der Waals surface area contributed by atoms with E-state index in [0.29, 0.717) is 19.4 Å². The Morgan fingerprint density at radius 2 is 2.15 bits per heavy atom. The number of hydrogen-bond acceptors (Lipinski definition) is 4. The first-order valence-electron chi connectivity index (χ1n) is 7.37. The molecule has 1 spiro atoms. The Labute approximate surface area is 119 Å². The summed E-state index contributed by atoms with van der Waals surface area (Å²) in [4.78, 5) is 26.0. The summed E-state index contributed by atoms with van der Waals surface area (Å²) < 4.78 is 0. The van der Waals surface area contributed by atoms with Gasteiger partial charge < -0.3 is 16.2 Å². The normalized spacial score (nSPS) is 31.0. The van der Waals surface area contributed by atoms with Gasteiger partial charge in [0.2, 0.25) is 0 Å². The van der Waals surface area contributed by atoms with Crippen molar-refractivity contribution >= 4 is 11.9 Å². The van der Waals surface area contributed by atoms with E-state index in [-0.39, 0.29) is 24.4 Å². The Morgan fingerprint density at radius 1 is 1.45 bits per heavy atom. The predicted octanol–water partition coefficient (Wildman–Crippen LogP) is 0.587. The minimum absolute atomic E-state index is 0.0137. The summed E-state index contributed by atoms with van der Waals surface area (Å²) in [5.41, 5.74) is 4.10. The van der Waals surface area contributed by atoms with Gasteiger partial charge in [0.05, 0.1) is 5.60 Å². The van der Waals surface area contributed by atoms with E-state index >= 15 is 0 Å². The molecule has 2 fully saturated rings. The second kappa shape index (κ2) is 5.33. The summed E-state index contributed by atoms with van der Waals surface area (Å²) >= 11 is 0. The summed E-state index contributed by atoms with van der Waals surface area (Å²) in [5, 5.41) is 12.6. The van der Waals surface area contributed by atoms with E-state index in [0.717, 1.165) is 19.3 Å². The zero-order chi connectivity index (χ0) is 15.0. The first kappa shape index (κ1) is 15.3. The topological polar surface area (TPSA) is 95.7 Å². The quantitative estimate of drug-likeness (QED) is 0.658. The highest BCUT2D eigenvalue weighted by molar-refractivity contribution is 6.07. The maximum absolute atomic E-state index is 12.7. The van der Waals surface area contributed by atoms with Crippen LogP contribution in [0.2, 0.25) is 0 Å². The molecule has 1 heterocycles. The van der Waals surface area contributed by atoms with Gasteiger partial charge in [0.1, 0.15) is 5.54 Å². The molecule has 0 aromatic carbocycles. The zero-order valence-electron chi connectivity index (χ0n) is 12.3. The van der Waals surface area contributed by atoms with Crippen molar-refractivity contribution in [3.63, 3.8) is 0 Å². The van der Waals surface area contributed by atoms with Gasteiger partial charge >= 0.3 is 6.03 Å². The lowest BCUT2D eigenvalue weighted by Crippen LogP contribution is -2.57. The van der Waals surface area contributed by atoms with Gasteiger partial charge in [-0.1, -0.05) is 12.8 Å². The van der Waals surface area contributed by atoms with Crippen LogP contribution in [-0.4, -0.2) is 46.2 Å². The molecule has 0 bridgehead atoms. The molecule has 6 nitrogen and oxygen atoms in total. The van der Waals surface area contributed by atoms with Crippen LogP contribution in [-0.2, 0) is 4.79 Å². The van der Waals surface area contributed by atoms with Gasteiger partial charge in [-0.15, -0.1) is 0 Å². The average molecular weight is 283 g/mol. The SMILES string of the molecule is CC(C)(O)CCN1C(=O)NC2(CCCCC2CN)C1=O. The van der Waals surface area contributed by atoms with Crippen LogP contribution in [0.1, 0.15) is 46.0 Å². The third-order valence-corrected chi connectivity index (χ3v) is 4.50. The standard InChI is InChI=1S/C14H25N3O3/c1-13(2,20)7-8-17-11(18)14(16-12(17)19)6-4-3-5-10(14)9-15/h10,20H,3-9,15H2,1-2H3,(H,16,19). The average Bonchev–Trinajstić information content (AvgIpc) is 2.59. The lowest BCUT2D eigenvalue weighted by atomic mass is 9.72. The molecule has 2 rings (SSSR count). The van der Waals surface area contributed by atoms with Crippen LogP contribution in [0, 0.1) is 5.92 Å². The summed E-state index contributed by atoms with van der Waals surface area (Å²) in [7, 11) is 0. The number of urea groups is 1. The van der Waals surface area contributed by atoms with E-state index in [1.807, 2.05) is 0 Å². The third-order valence-electron chi connectivity index (χ3n) is 4.50. The first-order chi connectivity index (χ1) is 9.30. The third kappa shape index (κ3) is 2.67. The zero-order valence-corrected chi connectivity index (χ0v) is 12.3. The number of aliphatic hydroxyl groups is 1. The van der Waals surface area contributed by atoms with Gasteiger partial charge in [-0.2, -0.15) is 0 Å². The number of carbonyl (C=O) groups excluding carboxylic acids is 2. The number of nitrogens with one attached hydrogen (secondary N) is 1. The van der Waals surface area contributed by atoms with Gasteiger partial charge in [0, 0.05) is 12.5 Å². The number of amides is 3. The van der Waals surface area contributed by atoms with Crippen molar-refractivity contribution in [2.45, 2.75) is 57.1 Å². The molecule has 20 heavy (non-hydrogen) atoms. The summed E-state index contributed by atoms with van der Waals surface area (Å²) in [6, 6.07) is -0.348. The molecule has 2 unspecified atom stereocenters. The Kier molecular flexibility index (Phi) is 4.07. The van der Waals surface area contributed by atoms with Crippen LogP contribution in [0.4, 0.5) is 4.79 Å². The molecule has 0 radical (unpaired) electrons. The predicted molar refractivity (Wildman–Crippen MR) is 74.9 cm³/mol. The highest BCUT2D eigenvalue weighted by Gasteiger charge is 2.55. The van der Waals surface area contributed by atoms with Crippen LogP contribution in [0.5, 0.6) is 0 Å². The summed E-state index contributed by atoms with van der Waals surface area (Å²) in [5.74, 6) is -0.151. The van der Waals surface area contributed by atoms with E-state index in [2.05, 4.69) is 5.32 Å². The maximum atomic E-state index is 12.7. The van der Waals surface area contributed by atoms with Crippen LogP contribution in [0.15, 0.2) is 0 Å². The fraction of sp³-hybridized carbons (Fsp3) is 0.857. The van der Waals surface area contributed by atoms with Crippen LogP contribution < -0.4 is 11.1 Å². The highest BCUT2D eigenvalue weighted by Crippen LogP contribution is 2.38. The molecule has 6 heteroatoms. The van der Waals surface area contributed by atoms with Gasteiger partial charge in [-0.05, 0) is 39.7 Å². The lowest BCUT2D eigenvalue weighted by Gasteiger charge is -2.38. The number of hydrogen-bond donors (Lipinski definition) is 3. The Balaban J connectivity index is 2.15. The smallest absolute Gasteiger partial charge is 0.325 e. The van der Waals surface area contributed by atoms with Gasteiger partial charge in [0.25, 0.3) is 5.91 Å². The highest BCUT2D eigenvalue weighted by atomic mass is 16.3. The first-order valence-corrected chi connectivity index (χ1v) is 7.37. The molecule has 0 aromatic heterocycles. The Hall–Kier alpha value is -1.14. The van der Waals surface area contributed by atoms with Crippen molar-refractivity contribution in [3.8, 4) is 0 Å². The lowest BCUT2D eigenvalue weighted by molar-refractivity contribution is -0.134. The summed E-state index contributed by atoms with van der Waals surface area (Å²) in [6.07, 6.45) is 3.90. The molecule has 114 valence electrons. The van der Waals surface area contributed by atoms with Crippen molar-refractivity contribution in [1.82, 2.24) is 10.2 Å². The van der Waals surface area contributed by atoms with Crippen molar-refractivity contribution in [3.05, 3.63) is 0 Å². The van der Waals surface area contributed by atoms with Crippen molar-refractivity contribution < 1.29 is 14.7 Å². The van der Waals surface area contributed by atoms with Crippen molar-refractivity contribution in [2.75, 3.05) is 13.1 Å². The number of nitrogens with two attached hydrogens (primary N) is 1. The van der Waals surface area contributed by atoms with Crippen molar-refractivity contribution in [2.24, 2.45) is 11.7 Å². The fourth-order valence-electron chi connectivity index (χ4n) is 3.24. The van der Waals surface area contributed by atoms with E-state index < -0.39 is 11.1 Å². The number of imide groups is 1. The van der Waals surface area contributed by atoms with Gasteiger partial charge in [-0.3, -0.25) is 9.69 Å². The fourth-order valence-corrected chi connectivity index (χ4v) is 3.24. The molecular weight excluding hydrogens is 258 g/mol. The van der Waals surface area contributed by atoms with Crippen molar-refractivity contribution in [1.29, 1.82) is 0 Å². The van der Waals surface area contributed by atoms with E-state index in [1.54, 1.807) is 13.8 Å². The number of rotatable bonds is 4. The van der Waals surface area contributed by atoms with Crippen LogP contribution in [0.3, 0.4) is 0 Å². The minimum Gasteiger partial charge on any atom is -0.390 e. The molecule has 3 amide bonds. The molecule has 4 N–H and O–H groups in total. The second-order valence-electron chi connectivity index (χ2n) is 6.60. The molecule has 1 saturated heterocycles. The number of carbonyl (C=O) groups is 2. The molecule has 2 aliphatic rings. The summed E-state index contributed by atoms with van der Waals surface area (Å²) in [6.45, 7) is 3.99. The molecule has 1 saturated carbocycles. The molecule has 1 aliphatic carbocycles. The second-order valence-corrected chi connectivity index (χ2v) is 6.60. The molecule has 1 aliphatic heterocycles. The maximum Gasteiger partial charge on any atom is 0.325 e. The minimum atomic E-state index is -0.893.